The van der Waals surface area contributed by atoms with Crippen molar-refractivity contribution in [2.24, 2.45) is 5.73 Å². The Bertz CT molecular complexity index is 221. The normalized spacial score (nSPS) is 11.5. The molecule has 0 aromatic heterocycles. The van der Waals surface area contributed by atoms with Crippen LogP contribution in [0.4, 0.5) is 0 Å². The average Bonchev–Trinajstić information content (AvgIpc) is 2.06. The third-order valence-electron chi connectivity index (χ3n) is 1.52. The van der Waals surface area contributed by atoms with Gasteiger partial charge in [-0.15, -0.1) is 0 Å². The molecule has 1 aromatic rings. The van der Waals surface area contributed by atoms with E-state index in [0.29, 0.717) is 6.54 Å². The van der Waals surface area contributed by atoms with Crippen molar-refractivity contribution in [2.45, 2.75) is 4.08 Å². The van der Waals surface area contributed by atoms with Crippen molar-refractivity contribution in [2.75, 3.05) is 6.54 Å². The van der Waals surface area contributed by atoms with Gasteiger partial charge in [0.2, 0.25) is 0 Å². The third-order valence-corrected chi connectivity index (χ3v) is 2.40. The third kappa shape index (κ3) is 2.15. The largest absolute Gasteiger partial charge is 0.328 e. The van der Waals surface area contributed by atoms with E-state index in [1.54, 1.807) is 0 Å². The molecule has 0 saturated carbocycles. The summed E-state index contributed by atoms with van der Waals surface area (Å²) in [4.78, 5) is 0. The molecule has 0 heterocycles. The molecule has 1 rings (SSSR count). The van der Waals surface area contributed by atoms with Gasteiger partial charge < -0.3 is 5.73 Å². The van der Waals surface area contributed by atoms with Crippen molar-refractivity contribution in [3.63, 3.8) is 0 Å². The molecule has 1 aromatic carbocycles. The van der Waals surface area contributed by atoms with Crippen LogP contribution in [0, 0.1) is 0 Å². The van der Waals surface area contributed by atoms with Crippen LogP contribution in [0.15, 0.2) is 30.3 Å². The zero-order valence-corrected chi connectivity index (χ0v) is 7.85. The zero-order valence-electron chi connectivity index (χ0n) is 6.07. The molecule has 0 saturated heterocycles. The average molecular weight is 185 g/mol. The fraction of sp³-hybridized carbons (Fsp3) is 0.250. The van der Waals surface area contributed by atoms with Crippen molar-refractivity contribution >= 4 is 25.3 Å². The van der Waals surface area contributed by atoms with Crippen LogP contribution in [0.3, 0.4) is 0 Å². The summed E-state index contributed by atoms with van der Waals surface area (Å²) in [5, 5.41) is 0. The minimum atomic E-state index is -0.499. The van der Waals surface area contributed by atoms with Crippen molar-refractivity contribution in [3.8, 4) is 0 Å². The standard InChI is InChI=1S/C8H11NS2/c9-6-8(10,11)7-4-2-1-3-5-7/h1-5,10-11H,6,9H2. The van der Waals surface area contributed by atoms with Crippen molar-refractivity contribution in [1.29, 1.82) is 0 Å². The molecule has 0 aliphatic rings. The highest BCUT2D eigenvalue weighted by atomic mass is 32.2. The maximum absolute atomic E-state index is 5.49. The molecule has 0 unspecified atom stereocenters. The molecule has 2 N–H and O–H groups in total. The molecular weight excluding hydrogens is 174 g/mol. The Hall–Kier alpha value is -0.120. The highest BCUT2D eigenvalue weighted by molar-refractivity contribution is 7.99. The molecule has 1 nitrogen and oxygen atoms in total. The molecule has 60 valence electrons. The Morgan fingerprint density at radius 2 is 1.73 bits per heavy atom. The van der Waals surface area contributed by atoms with Gasteiger partial charge in [-0.3, -0.25) is 0 Å². The Morgan fingerprint density at radius 1 is 1.18 bits per heavy atom. The van der Waals surface area contributed by atoms with Crippen LogP contribution in [-0.2, 0) is 4.08 Å². The quantitative estimate of drug-likeness (QED) is 0.474. The van der Waals surface area contributed by atoms with Gasteiger partial charge in [0.05, 0.1) is 4.08 Å². The second-order valence-electron chi connectivity index (χ2n) is 2.39. The van der Waals surface area contributed by atoms with Crippen LogP contribution >= 0.6 is 25.3 Å². The van der Waals surface area contributed by atoms with Crippen LogP contribution in [0.1, 0.15) is 5.56 Å². The fourth-order valence-electron chi connectivity index (χ4n) is 0.823. The van der Waals surface area contributed by atoms with E-state index >= 15 is 0 Å². The topological polar surface area (TPSA) is 26.0 Å². The Morgan fingerprint density at radius 3 is 2.18 bits per heavy atom. The minimum Gasteiger partial charge on any atom is -0.328 e. The highest BCUT2D eigenvalue weighted by Crippen LogP contribution is 2.30. The van der Waals surface area contributed by atoms with Gasteiger partial charge in [-0.2, -0.15) is 25.3 Å². The minimum absolute atomic E-state index is 0.420. The van der Waals surface area contributed by atoms with Crippen LogP contribution in [-0.4, -0.2) is 6.54 Å². The maximum atomic E-state index is 5.49. The van der Waals surface area contributed by atoms with Crippen LogP contribution < -0.4 is 5.73 Å². The van der Waals surface area contributed by atoms with E-state index in [4.69, 9.17) is 5.73 Å². The summed E-state index contributed by atoms with van der Waals surface area (Å²) >= 11 is 8.63. The highest BCUT2D eigenvalue weighted by Gasteiger charge is 2.19. The van der Waals surface area contributed by atoms with Gasteiger partial charge in [-0.05, 0) is 5.56 Å². The Kier molecular flexibility index (Phi) is 2.87. The van der Waals surface area contributed by atoms with Crippen molar-refractivity contribution in [1.82, 2.24) is 0 Å². The predicted molar refractivity (Wildman–Crippen MR) is 55.1 cm³/mol. The van der Waals surface area contributed by atoms with Gasteiger partial charge in [0.1, 0.15) is 0 Å². The summed E-state index contributed by atoms with van der Waals surface area (Å²) in [5.41, 5.74) is 6.52. The summed E-state index contributed by atoms with van der Waals surface area (Å²) in [6.07, 6.45) is 0. The summed E-state index contributed by atoms with van der Waals surface area (Å²) in [5.74, 6) is 0. The molecule has 0 fully saturated rings. The first-order valence-electron chi connectivity index (χ1n) is 3.37. The molecule has 0 aliphatic heterocycles. The molecule has 3 heteroatoms. The Balaban J connectivity index is 2.93. The van der Waals surface area contributed by atoms with Crippen molar-refractivity contribution < 1.29 is 0 Å². The summed E-state index contributed by atoms with van der Waals surface area (Å²) in [6.45, 7) is 0.420. The predicted octanol–water partition coefficient (Wildman–Crippen LogP) is 1.66. The molecule has 0 aliphatic carbocycles. The summed E-state index contributed by atoms with van der Waals surface area (Å²) in [7, 11) is 0. The Labute approximate surface area is 77.8 Å². The lowest BCUT2D eigenvalue weighted by molar-refractivity contribution is 0.892. The van der Waals surface area contributed by atoms with E-state index in [1.165, 1.54) is 0 Å². The van der Waals surface area contributed by atoms with Crippen LogP contribution in [0.5, 0.6) is 0 Å². The summed E-state index contributed by atoms with van der Waals surface area (Å²) in [6, 6.07) is 9.79. The van der Waals surface area contributed by atoms with Gasteiger partial charge in [0, 0.05) is 6.54 Å². The van der Waals surface area contributed by atoms with Crippen LogP contribution in [0.25, 0.3) is 0 Å². The monoisotopic (exact) mass is 185 g/mol. The van der Waals surface area contributed by atoms with E-state index in [9.17, 15) is 0 Å². The number of hydrogen-bond donors (Lipinski definition) is 3. The summed E-state index contributed by atoms with van der Waals surface area (Å²) < 4.78 is -0.499. The lowest BCUT2D eigenvalue weighted by Crippen LogP contribution is -2.22. The first kappa shape index (κ1) is 8.97. The van der Waals surface area contributed by atoms with Gasteiger partial charge in [0.15, 0.2) is 0 Å². The van der Waals surface area contributed by atoms with Gasteiger partial charge in [-0.25, -0.2) is 0 Å². The maximum Gasteiger partial charge on any atom is 0.0925 e. The lowest BCUT2D eigenvalue weighted by Gasteiger charge is -2.20. The van der Waals surface area contributed by atoms with E-state index in [2.05, 4.69) is 25.3 Å². The smallest absolute Gasteiger partial charge is 0.0925 e. The molecule has 11 heavy (non-hydrogen) atoms. The van der Waals surface area contributed by atoms with Gasteiger partial charge in [0.25, 0.3) is 0 Å². The van der Waals surface area contributed by atoms with E-state index in [0.717, 1.165) is 5.56 Å². The molecule has 0 atom stereocenters. The van der Waals surface area contributed by atoms with Gasteiger partial charge in [-0.1, -0.05) is 30.3 Å². The van der Waals surface area contributed by atoms with E-state index < -0.39 is 4.08 Å². The van der Waals surface area contributed by atoms with Gasteiger partial charge >= 0.3 is 0 Å². The molecule has 0 spiro atoms. The molecule has 0 amide bonds. The lowest BCUT2D eigenvalue weighted by atomic mass is 10.1. The number of hydrogen-bond acceptors (Lipinski definition) is 3. The number of nitrogens with two attached hydrogens (primary N) is 1. The number of benzene rings is 1. The number of rotatable bonds is 2. The van der Waals surface area contributed by atoms with Crippen LogP contribution in [0.2, 0.25) is 0 Å². The molecule has 0 bridgehead atoms. The second kappa shape index (κ2) is 3.52. The first-order chi connectivity index (χ1) is 5.17. The first-order valence-corrected chi connectivity index (χ1v) is 4.26. The molecule has 0 radical (unpaired) electrons. The second-order valence-corrected chi connectivity index (χ2v) is 4.27. The number of thiol groups is 2. The fourth-order valence-corrected chi connectivity index (χ4v) is 1.12. The van der Waals surface area contributed by atoms with E-state index in [1.807, 2.05) is 30.3 Å². The van der Waals surface area contributed by atoms with Crippen molar-refractivity contribution in [3.05, 3.63) is 35.9 Å². The SMILES string of the molecule is NCC(S)(S)c1ccccc1. The zero-order chi connectivity index (χ0) is 8.32. The van der Waals surface area contributed by atoms with E-state index in [-0.39, 0.29) is 0 Å². The molecular formula is C8H11NS2.